The second-order valence-corrected chi connectivity index (χ2v) is 4.84. The van der Waals surface area contributed by atoms with Crippen molar-refractivity contribution in [2.75, 3.05) is 0 Å². The van der Waals surface area contributed by atoms with Crippen LogP contribution in [-0.2, 0) is 16.3 Å². The third-order valence-corrected chi connectivity index (χ3v) is 2.86. The van der Waals surface area contributed by atoms with Crippen molar-refractivity contribution in [2.45, 2.75) is 11.7 Å². The Morgan fingerprint density at radius 3 is 2.05 bits per heavy atom. The van der Waals surface area contributed by atoms with E-state index in [9.17, 15) is 34.8 Å². The summed E-state index contributed by atoms with van der Waals surface area (Å²) in [7, 11) is -6.24. The average molecular weight is 319 g/mol. The number of hydrogen-bond donors (Lipinski definition) is 0. The van der Waals surface area contributed by atoms with Gasteiger partial charge in [-0.05, 0) is 18.2 Å². The van der Waals surface area contributed by atoms with Crippen LogP contribution in [0.2, 0.25) is 0 Å². The van der Waals surface area contributed by atoms with Crippen LogP contribution >= 0.6 is 0 Å². The zero-order chi connectivity index (χ0) is 15.8. The zero-order valence-corrected chi connectivity index (χ0v) is 9.90. The van der Waals surface area contributed by atoms with Crippen molar-refractivity contribution in [3.63, 3.8) is 0 Å². The molecule has 1 aromatic rings. The number of halogens is 6. The number of benzene rings is 1. The molecule has 110 valence electrons. The fourth-order valence-electron chi connectivity index (χ4n) is 1.06. The second-order valence-electron chi connectivity index (χ2n) is 3.30. The van der Waals surface area contributed by atoms with Crippen molar-refractivity contribution in [1.29, 1.82) is 5.26 Å². The molecule has 0 atom stereocenters. The minimum absolute atomic E-state index is 0.182. The molecule has 0 aliphatic carbocycles. The normalized spacial score (nSPS) is 12.8. The molecule has 0 saturated carbocycles. The lowest BCUT2D eigenvalue weighted by Gasteiger charge is -2.14. The number of nitrogens with zero attached hydrogens (tertiary/aromatic N) is 1. The quantitative estimate of drug-likeness (QED) is 0.477. The molecule has 0 aliphatic heterocycles. The van der Waals surface area contributed by atoms with Gasteiger partial charge in [0.1, 0.15) is 5.56 Å². The van der Waals surface area contributed by atoms with Gasteiger partial charge in [-0.2, -0.15) is 40.0 Å². The minimum Gasteiger partial charge on any atom is -0.375 e. The molecular weight excluding hydrogens is 316 g/mol. The van der Waals surface area contributed by atoms with E-state index in [1.807, 2.05) is 0 Å². The summed E-state index contributed by atoms with van der Waals surface area (Å²) in [5.74, 6) is -1.56. The first-order valence-electron chi connectivity index (χ1n) is 4.50. The molecule has 0 N–H and O–H groups in total. The number of alkyl halides is 6. The van der Waals surface area contributed by atoms with Gasteiger partial charge in [0.05, 0.1) is 11.6 Å². The van der Waals surface area contributed by atoms with E-state index < -0.39 is 38.7 Å². The van der Waals surface area contributed by atoms with Crippen LogP contribution in [0.25, 0.3) is 0 Å². The smallest absolute Gasteiger partial charge is 0.375 e. The second kappa shape index (κ2) is 4.86. The molecule has 0 aromatic heterocycles. The van der Waals surface area contributed by atoms with E-state index in [0.29, 0.717) is 12.1 Å². The van der Waals surface area contributed by atoms with Gasteiger partial charge in [-0.15, -0.1) is 0 Å². The zero-order valence-electron chi connectivity index (χ0n) is 9.08. The summed E-state index contributed by atoms with van der Waals surface area (Å²) in [5, 5.41) is 8.42. The van der Waals surface area contributed by atoms with Crippen molar-refractivity contribution in [2.24, 2.45) is 0 Å². The maximum absolute atomic E-state index is 12.6. The molecule has 0 spiro atoms. The Bertz CT molecular complexity index is 656. The van der Waals surface area contributed by atoms with Gasteiger partial charge in [0.2, 0.25) is 0 Å². The van der Waals surface area contributed by atoms with Gasteiger partial charge in [0.15, 0.2) is 5.75 Å². The SMILES string of the molecule is N#Cc1ccc(OS(=O)(=O)C(F)(F)F)c(C(F)(F)F)c1. The number of rotatable bonds is 2. The van der Waals surface area contributed by atoms with Crippen molar-refractivity contribution in [3.05, 3.63) is 29.3 Å². The maximum Gasteiger partial charge on any atom is 0.534 e. The van der Waals surface area contributed by atoms with E-state index in [0.717, 1.165) is 0 Å². The highest BCUT2D eigenvalue weighted by Gasteiger charge is 2.49. The van der Waals surface area contributed by atoms with Crippen LogP contribution in [-0.4, -0.2) is 13.9 Å². The lowest BCUT2D eigenvalue weighted by atomic mass is 10.1. The lowest BCUT2D eigenvalue weighted by molar-refractivity contribution is -0.138. The van der Waals surface area contributed by atoms with Crippen LogP contribution in [0.15, 0.2) is 18.2 Å². The molecule has 0 aliphatic rings. The summed E-state index contributed by atoms with van der Waals surface area (Å²) in [6.07, 6.45) is -5.19. The topological polar surface area (TPSA) is 67.2 Å². The highest BCUT2D eigenvalue weighted by atomic mass is 32.2. The summed E-state index contributed by atoms with van der Waals surface area (Å²) in [5.41, 5.74) is -8.19. The first-order valence-corrected chi connectivity index (χ1v) is 5.91. The van der Waals surface area contributed by atoms with Crippen molar-refractivity contribution in [3.8, 4) is 11.8 Å². The van der Waals surface area contributed by atoms with Crippen molar-refractivity contribution in [1.82, 2.24) is 0 Å². The van der Waals surface area contributed by atoms with E-state index in [1.165, 1.54) is 6.07 Å². The van der Waals surface area contributed by atoms with Gasteiger partial charge < -0.3 is 4.18 Å². The van der Waals surface area contributed by atoms with Crippen molar-refractivity contribution < 1.29 is 38.9 Å². The molecule has 20 heavy (non-hydrogen) atoms. The first kappa shape index (κ1) is 16.1. The predicted octanol–water partition coefficient (Wildman–Crippen LogP) is 2.81. The summed E-state index contributed by atoms with van der Waals surface area (Å²) < 4.78 is 98.6. The van der Waals surface area contributed by atoms with Gasteiger partial charge in [-0.1, -0.05) is 0 Å². The highest BCUT2D eigenvalue weighted by molar-refractivity contribution is 7.88. The van der Waals surface area contributed by atoms with E-state index in [1.54, 1.807) is 0 Å². The van der Waals surface area contributed by atoms with Crippen LogP contribution < -0.4 is 4.18 Å². The molecule has 1 aromatic carbocycles. The van der Waals surface area contributed by atoms with Crippen LogP contribution in [0.5, 0.6) is 5.75 Å². The summed E-state index contributed by atoms with van der Waals surface area (Å²) >= 11 is 0. The van der Waals surface area contributed by atoms with Crippen LogP contribution in [0, 0.1) is 11.3 Å². The summed E-state index contributed by atoms with van der Waals surface area (Å²) in [6, 6.07) is 2.53. The van der Waals surface area contributed by atoms with Gasteiger partial charge in [-0.25, -0.2) is 0 Å². The Hall–Kier alpha value is -1.96. The molecule has 0 unspecified atom stereocenters. The number of hydrogen-bond acceptors (Lipinski definition) is 4. The van der Waals surface area contributed by atoms with E-state index in [-0.39, 0.29) is 6.07 Å². The Kier molecular flexibility index (Phi) is 3.91. The summed E-state index contributed by atoms with van der Waals surface area (Å²) in [6.45, 7) is 0. The van der Waals surface area contributed by atoms with Crippen molar-refractivity contribution >= 4 is 10.1 Å². The molecular formula is C9H3F6NO3S. The third kappa shape index (κ3) is 3.32. The van der Waals surface area contributed by atoms with Crippen LogP contribution in [0.1, 0.15) is 11.1 Å². The lowest BCUT2D eigenvalue weighted by Crippen LogP contribution is -2.28. The minimum atomic E-state index is -6.24. The van der Waals surface area contributed by atoms with E-state index in [4.69, 9.17) is 5.26 Å². The maximum atomic E-state index is 12.6. The van der Waals surface area contributed by atoms with Crippen LogP contribution in [0.3, 0.4) is 0 Å². The Morgan fingerprint density at radius 1 is 1.10 bits per heavy atom. The molecule has 0 radical (unpaired) electrons. The molecule has 11 heteroatoms. The number of nitriles is 1. The van der Waals surface area contributed by atoms with Gasteiger partial charge in [0.25, 0.3) is 0 Å². The fourth-order valence-corrected chi connectivity index (χ4v) is 1.54. The Labute approximate surface area is 108 Å². The van der Waals surface area contributed by atoms with Gasteiger partial charge >= 0.3 is 21.8 Å². The Morgan fingerprint density at radius 2 is 1.65 bits per heavy atom. The standard InChI is InChI=1S/C9H3F6NO3S/c10-8(11,12)6-3-5(4-16)1-2-7(6)19-20(17,18)9(13,14)15/h1-3H. The molecule has 4 nitrogen and oxygen atoms in total. The Balaban J connectivity index is 3.38. The third-order valence-electron chi connectivity index (χ3n) is 1.90. The highest BCUT2D eigenvalue weighted by Crippen LogP contribution is 2.38. The predicted molar refractivity (Wildman–Crippen MR) is 51.8 cm³/mol. The molecule has 0 bridgehead atoms. The molecule has 0 fully saturated rings. The summed E-state index contributed by atoms with van der Waals surface area (Å²) in [4.78, 5) is 0. The molecule has 0 heterocycles. The largest absolute Gasteiger partial charge is 0.534 e. The first-order chi connectivity index (χ1) is 8.88. The van der Waals surface area contributed by atoms with E-state index in [2.05, 4.69) is 4.18 Å². The van der Waals surface area contributed by atoms with Gasteiger partial charge in [-0.3, -0.25) is 0 Å². The molecule has 0 amide bonds. The monoisotopic (exact) mass is 319 g/mol. The molecule has 0 saturated heterocycles. The van der Waals surface area contributed by atoms with Gasteiger partial charge in [0, 0.05) is 0 Å². The fraction of sp³-hybridized carbons (Fsp3) is 0.222. The average Bonchev–Trinajstić information content (AvgIpc) is 2.26. The van der Waals surface area contributed by atoms with E-state index >= 15 is 0 Å². The molecule has 1 rings (SSSR count). The van der Waals surface area contributed by atoms with Crippen LogP contribution in [0.4, 0.5) is 26.3 Å².